The second kappa shape index (κ2) is 7.94. The van der Waals surface area contributed by atoms with E-state index in [0.29, 0.717) is 5.92 Å². The predicted octanol–water partition coefficient (Wildman–Crippen LogP) is 5.19. The Morgan fingerprint density at radius 2 is 1.79 bits per heavy atom. The highest BCUT2D eigenvalue weighted by Crippen LogP contribution is 2.33. The van der Waals surface area contributed by atoms with Crippen molar-refractivity contribution in [1.29, 1.82) is 0 Å². The van der Waals surface area contributed by atoms with Gasteiger partial charge in [-0.05, 0) is 81.5 Å². The molecule has 0 radical (unpaired) electrons. The molecule has 0 aliphatic carbocycles. The zero-order valence-electron chi connectivity index (χ0n) is 17.8. The summed E-state index contributed by atoms with van der Waals surface area (Å²) in [6, 6.07) is 12.5. The van der Waals surface area contributed by atoms with Gasteiger partial charge >= 0.3 is 0 Å². The zero-order valence-corrected chi connectivity index (χ0v) is 17.8. The predicted molar refractivity (Wildman–Crippen MR) is 118 cm³/mol. The van der Waals surface area contributed by atoms with E-state index in [1.54, 1.807) is 0 Å². The number of benzene rings is 2. The van der Waals surface area contributed by atoms with Crippen molar-refractivity contribution in [3.8, 4) is 5.75 Å². The van der Waals surface area contributed by atoms with E-state index in [1.807, 2.05) is 23.1 Å². The number of amides is 1. The molecule has 1 aliphatic rings. The number of aromatic nitrogens is 1. The van der Waals surface area contributed by atoms with Crippen LogP contribution in [-0.2, 0) is 4.79 Å². The molecule has 152 valence electrons. The van der Waals surface area contributed by atoms with E-state index in [4.69, 9.17) is 4.74 Å². The maximum atomic E-state index is 12.6. The molecule has 1 aliphatic heterocycles. The van der Waals surface area contributed by atoms with Gasteiger partial charge in [-0.3, -0.25) is 4.79 Å². The van der Waals surface area contributed by atoms with E-state index in [2.05, 4.69) is 50.9 Å². The number of fused-ring (bicyclic) bond motifs is 1. The molecular formula is C25H30N2O2. The van der Waals surface area contributed by atoms with Crippen LogP contribution in [0.5, 0.6) is 5.75 Å². The molecule has 2 aromatic carbocycles. The summed E-state index contributed by atoms with van der Waals surface area (Å²) in [5.74, 6) is 1.32. The molecule has 1 saturated heterocycles. The molecular weight excluding hydrogens is 360 g/mol. The summed E-state index contributed by atoms with van der Waals surface area (Å²) >= 11 is 0. The molecule has 0 bridgehead atoms. The number of carbonyl (C=O) groups is 1. The van der Waals surface area contributed by atoms with Crippen LogP contribution >= 0.6 is 0 Å². The minimum Gasteiger partial charge on any atom is -0.484 e. The Morgan fingerprint density at radius 1 is 1.03 bits per heavy atom. The van der Waals surface area contributed by atoms with Gasteiger partial charge in [0.2, 0.25) is 0 Å². The maximum absolute atomic E-state index is 12.6. The third-order valence-corrected chi connectivity index (χ3v) is 6.35. The van der Waals surface area contributed by atoms with Crippen molar-refractivity contribution in [2.75, 3.05) is 19.7 Å². The number of piperidine rings is 1. The van der Waals surface area contributed by atoms with E-state index in [-0.39, 0.29) is 12.5 Å². The van der Waals surface area contributed by atoms with E-state index in [1.165, 1.54) is 38.9 Å². The lowest BCUT2D eigenvalue weighted by molar-refractivity contribution is -0.134. The number of nitrogens with zero attached hydrogens (tertiary/aromatic N) is 1. The quantitative estimate of drug-likeness (QED) is 0.667. The standard InChI is InChI=1S/C25H30N2O2/c1-16-5-8-23-22(13-16)19(4)25(26-23)20-9-11-27(12-10-20)24(28)15-29-21-7-6-17(2)18(3)14-21/h5-8,13-14,20,26H,9-12,15H2,1-4H3. The number of ether oxygens (including phenoxy) is 1. The number of aryl methyl sites for hydroxylation is 4. The first-order valence-corrected chi connectivity index (χ1v) is 10.5. The van der Waals surface area contributed by atoms with Crippen molar-refractivity contribution in [3.63, 3.8) is 0 Å². The fraction of sp³-hybridized carbons (Fsp3) is 0.400. The highest BCUT2D eigenvalue weighted by molar-refractivity contribution is 5.85. The van der Waals surface area contributed by atoms with Gasteiger partial charge in [-0.1, -0.05) is 17.7 Å². The summed E-state index contributed by atoms with van der Waals surface area (Å²) in [6.07, 6.45) is 1.98. The molecule has 0 unspecified atom stereocenters. The fourth-order valence-corrected chi connectivity index (χ4v) is 4.33. The Bertz CT molecular complexity index is 1040. The number of H-pyrrole nitrogens is 1. The van der Waals surface area contributed by atoms with Crippen molar-refractivity contribution in [2.24, 2.45) is 0 Å². The second-order valence-corrected chi connectivity index (χ2v) is 8.40. The van der Waals surface area contributed by atoms with Crippen LogP contribution in [0.1, 0.15) is 46.7 Å². The number of nitrogens with one attached hydrogen (secondary N) is 1. The van der Waals surface area contributed by atoms with Gasteiger partial charge in [0.25, 0.3) is 5.91 Å². The molecule has 0 saturated carbocycles. The number of likely N-dealkylation sites (tertiary alicyclic amines) is 1. The summed E-state index contributed by atoms with van der Waals surface area (Å²) in [5, 5.41) is 1.32. The molecule has 1 amide bonds. The van der Waals surface area contributed by atoms with Crippen LogP contribution in [0.2, 0.25) is 0 Å². The summed E-state index contributed by atoms with van der Waals surface area (Å²) in [7, 11) is 0. The zero-order chi connectivity index (χ0) is 20.5. The van der Waals surface area contributed by atoms with E-state index in [9.17, 15) is 4.79 Å². The van der Waals surface area contributed by atoms with Crippen molar-refractivity contribution < 1.29 is 9.53 Å². The minimum absolute atomic E-state index is 0.0747. The highest BCUT2D eigenvalue weighted by atomic mass is 16.5. The first-order chi connectivity index (χ1) is 13.9. The Morgan fingerprint density at radius 3 is 2.52 bits per heavy atom. The van der Waals surface area contributed by atoms with Crippen LogP contribution < -0.4 is 4.74 Å². The summed E-state index contributed by atoms with van der Waals surface area (Å²) in [4.78, 5) is 18.2. The van der Waals surface area contributed by atoms with Crippen molar-refractivity contribution in [1.82, 2.24) is 9.88 Å². The Kier molecular flexibility index (Phi) is 5.35. The second-order valence-electron chi connectivity index (χ2n) is 8.40. The van der Waals surface area contributed by atoms with Crippen LogP contribution in [0.15, 0.2) is 36.4 Å². The number of rotatable bonds is 4. The van der Waals surface area contributed by atoms with E-state index < -0.39 is 0 Å². The molecule has 4 nitrogen and oxygen atoms in total. The summed E-state index contributed by atoms with van der Waals surface area (Å²) in [6.45, 7) is 10.2. The molecule has 3 aromatic rings. The first kappa shape index (κ1) is 19.6. The van der Waals surface area contributed by atoms with E-state index >= 15 is 0 Å². The normalized spacial score (nSPS) is 15.1. The smallest absolute Gasteiger partial charge is 0.260 e. The molecule has 29 heavy (non-hydrogen) atoms. The molecule has 1 N–H and O–H groups in total. The number of hydrogen-bond acceptors (Lipinski definition) is 2. The largest absolute Gasteiger partial charge is 0.484 e. The Hall–Kier alpha value is -2.75. The van der Waals surface area contributed by atoms with Gasteiger partial charge in [0, 0.05) is 35.6 Å². The average Bonchev–Trinajstić information content (AvgIpc) is 3.05. The molecule has 4 heteroatoms. The monoisotopic (exact) mass is 390 g/mol. The number of aromatic amines is 1. The molecule has 2 heterocycles. The van der Waals surface area contributed by atoms with Gasteiger partial charge < -0.3 is 14.6 Å². The van der Waals surface area contributed by atoms with Crippen molar-refractivity contribution in [2.45, 2.75) is 46.5 Å². The number of hydrogen-bond donors (Lipinski definition) is 1. The molecule has 1 aromatic heterocycles. The van der Waals surface area contributed by atoms with Crippen molar-refractivity contribution in [3.05, 3.63) is 64.3 Å². The Labute approximate surface area is 172 Å². The maximum Gasteiger partial charge on any atom is 0.260 e. The van der Waals surface area contributed by atoms with Gasteiger partial charge in [0.15, 0.2) is 6.61 Å². The van der Waals surface area contributed by atoms with Gasteiger partial charge in [-0.25, -0.2) is 0 Å². The van der Waals surface area contributed by atoms with Crippen LogP contribution in [0.3, 0.4) is 0 Å². The lowest BCUT2D eigenvalue weighted by Gasteiger charge is -2.32. The van der Waals surface area contributed by atoms with Gasteiger partial charge in [-0.2, -0.15) is 0 Å². The molecule has 4 rings (SSSR count). The molecule has 0 spiro atoms. The highest BCUT2D eigenvalue weighted by Gasteiger charge is 2.26. The SMILES string of the molecule is Cc1ccc2[nH]c(C3CCN(C(=O)COc4ccc(C)c(C)c4)CC3)c(C)c2c1. The van der Waals surface area contributed by atoms with Crippen LogP contribution in [-0.4, -0.2) is 35.5 Å². The third kappa shape index (κ3) is 4.02. The summed E-state index contributed by atoms with van der Waals surface area (Å²) in [5.41, 5.74) is 7.60. The van der Waals surface area contributed by atoms with Gasteiger partial charge in [0.1, 0.15) is 5.75 Å². The van der Waals surface area contributed by atoms with E-state index in [0.717, 1.165) is 31.7 Å². The molecule has 1 fully saturated rings. The van der Waals surface area contributed by atoms with Crippen molar-refractivity contribution >= 4 is 16.8 Å². The lowest BCUT2D eigenvalue weighted by atomic mass is 9.91. The first-order valence-electron chi connectivity index (χ1n) is 10.5. The lowest BCUT2D eigenvalue weighted by Crippen LogP contribution is -2.40. The average molecular weight is 391 g/mol. The van der Waals surface area contributed by atoms with Crippen LogP contribution in [0, 0.1) is 27.7 Å². The number of carbonyl (C=O) groups excluding carboxylic acids is 1. The third-order valence-electron chi connectivity index (χ3n) is 6.35. The van der Waals surface area contributed by atoms with Gasteiger partial charge in [-0.15, -0.1) is 0 Å². The molecule has 0 atom stereocenters. The topological polar surface area (TPSA) is 45.3 Å². The van der Waals surface area contributed by atoms with Crippen LogP contribution in [0.25, 0.3) is 10.9 Å². The minimum atomic E-state index is 0.0747. The van der Waals surface area contributed by atoms with Crippen LogP contribution in [0.4, 0.5) is 0 Å². The van der Waals surface area contributed by atoms with Gasteiger partial charge in [0.05, 0.1) is 0 Å². The Balaban J connectivity index is 1.36. The summed E-state index contributed by atoms with van der Waals surface area (Å²) < 4.78 is 5.74. The fourth-order valence-electron chi connectivity index (χ4n) is 4.33.